The molecule has 24 heavy (non-hydrogen) atoms. The average molecular weight is 357 g/mol. The van der Waals surface area contributed by atoms with Crippen molar-refractivity contribution in [1.82, 2.24) is 10.2 Å². The highest BCUT2D eigenvalue weighted by atomic mass is 35.5. The fourth-order valence-corrected chi connectivity index (χ4v) is 2.71. The minimum Gasteiger partial charge on any atom is -0.494 e. The van der Waals surface area contributed by atoms with E-state index in [9.17, 15) is 9.59 Å². The minimum absolute atomic E-state index is 0. The number of halogens is 1. The molecule has 1 aromatic rings. The SMILES string of the molecule is CCOc1cccc(CNC(=O)CN2CCC(C(=O)O)CC2)c1.Cl. The second kappa shape index (κ2) is 10.2. The number of hydrogen-bond donors (Lipinski definition) is 2. The molecular formula is C17H25ClN2O4. The van der Waals surface area contributed by atoms with Crippen LogP contribution in [0.5, 0.6) is 5.75 Å². The predicted octanol–water partition coefficient (Wildman–Crippen LogP) is 1.92. The maximum Gasteiger partial charge on any atom is 0.306 e. The monoisotopic (exact) mass is 356 g/mol. The number of carbonyl (C=O) groups excluding carboxylic acids is 1. The Labute approximate surface area is 148 Å². The van der Waals surface area contributed by atoms with Crippen LogP contribution < -0.4 is 10.1 Å². The fourth-order valence-electron chi connectivity index (χ4n) is 2.71. The third-order valence-corrected chi connectivity index (χ3v) is 4.00. The zero-order valence-electron chi connectivity index (χ0n) is 13.9. The second-order valence-electron chi connectivity index (χ2n) is 5.75. The normalized spacial score (nSPS) is 15.4. The van der Waals surface area contributed by atoms with Gasteiger partial charge in [-0.25, -0.2) is 0 Å². The third-order valence-electron chi connectivity index (χ3n) is 4.00. The Morgan fingerprint density at radius 2 is 2.04 bits per heavy atom. The molecule has 2 rings (SSSR count). The number of rotatable bonds is 7. The van der Waals surface area contributed by atoms with Gasteiger partial charge < -0.3 is 15.2 Å². The van der Waals surface area contributed by atoms with Gasteiger partial charge in [0, 0.05) is 6.54 Å². The van der Waals surface area contributed by atoms with E-state index in [-0.39, 0.29) is 24.2 Å². The molecule has 6 nitrogen and oxygen atoms in total. The molecule has 0 bridgehead atoms. The molecule has 2 N–H and O–H groups in total. The van der Waals surface area contributed by atoms with Crippen molar-refractivity contribution in [2.24, 2.45) is 5.92 Å². The summed E-state index contributed by atoms with van der Waals surface area (Å²) in [6, 6.07) is 7.66. The summed E-state index contributed by atoms with van der Waals surface area (Å²) < 4.78 is 5.44. The third kappa shape index (κ3) is 6.37. The van der Waals surface area contributed by atoms with E-state index in [4.69, 9.17) is 9.84 Å². The zero-order chi connectivity index (χ0) is 16.7. The van der Waals surface area contributed by atoms with E-state index in [2.05, 4.69) is 5.32 Å². The number of carbonyl (C=O) groups is 2. The molecule has 0 spiro atoms. The summed E-state index contributed by atoms with van der Waals surface area (Å²) >= 11 is 0. The summed E-state index contributed by atoms with van der Waals surface area (Å²) in [5, 5.41) is 11.9. The van der Waals surface area contributed by atoms with E-state index in [1.54, 1.807) is 0 Å². The highest BCUT2D eigenvalue weighted by Crippen LogP contribution is 2.17. The summed E-state index contributed by atoms with van der Waals surface area (Å²) in [4.78, 5) is 24.9. The Morgan fingerprint density at radius 3 is 2.67 bits per heavy atom. The number of carboxylic acids is 1. The molecule has 0 atom stereocenters. The molecule has 0 radical (unpaired) electrons. The topological polar surface area (TPSA) is 78.9 Å². The Kier molecular flexibility index (Phi) is 8.57. The number of ether oxygens (including phenoxy) is 1. The van der Waals surface area contributed by atoms with Gasteiger partial charge in [-0.05, 0) is 50.6 Å². The lowest BCUT2D eigenvalue weighted by atomic mass is 9.97. The lowest BCUT2D eigenvalue weighted by molar-refractivity contribution is -0.143. The predicted molar refractivity (Wildman–Crippen MR) is 93.5 cm³/mol. The van der Waals surface area contributed by atoms with Crippen LogP contribution >= 0.6 is 12.4 Å². The van der Waals surface area contributed by atoms with Crippen LogP contribution in [0.15, 0.2) is 24.3 Å². The van der Waals surface area contributed by atoms with Crippen molar-refractivity contribution in [2.45, 2.75) is 26.3 Å². The fraction of sp³-hybridized carbons (Fsp3) is 0.529. The zero-order valence-corrected chi connectivity index (χ0v) is 14.7. The van der Waals surface area contributed by atoms with E-state index in [1.165, 1.54) is 0 Å². The molecule has 0 aromatic heterocycles. The summed E-state index contributed by atoms with van der Waals surface area (Å²) in [7, 11) is 0. The minimum atomic E-state index is -0.733. The van der Waals surface area contributed by atoms with Crippen molar-refractivity contribution < 1.29 is 19.4 Å². The van der Waals surface area contributed by atoms with Crippen LogP contribution in [-0.4, -0.2) is 48.1 Å². The van der Waals surface area contributed by atoms with Gasteiger partial charge in [0.25, 0.3) is 0 Å². The molecule has 0 aliphatic carbocycles. The number of hydrogen-bond acceptors (Lipinski definition) is 4. The van der Waals surface area contributed by atoms with Crippen molar-refractivity contribution in [1.29, 1.82) is 0 Å². The number of piperidine rings is 1. The highest BCUT2D eigenvalue weighted by Gasteiger charge is 2.25. The molecule has 1 aromatic carbocycles. The molecule has 1 heterocycles. The molecule has 1 fully saturated rings. The number of aliphatic carboxylic acids is 1. The van der Waals surface area contributed by atoms with E-state index >= 15 is 0 Å². The summed E-state index contributed by atoms with van der Waals surface area (Å²) in [6.07, 6.45) is 1.22. The average Bonchev–Trinajstić information content (AvgIpc) is 2.54. The van der Waals surface area contributed by atoms with Gasteiger partial charge in [0.2, 0.25) is 5.91 Å². The first-order chi connectivity index (χ1) is 11.1. The first kappa shape index (κ1) is 20.3. The molecule has 0 saturated carbocycles. The van der Waals surface area contributed by atoms with Crippen LogP contribution in [-0.2, 0) is 16.1 Å². The smallest absolute Gasteiger partial charge is 0.306 e. The van der Waals surface area contributed by atoms with E-state index in [1.807, 2.05) is 36.1 Å². The van der Waals surface area contributed by atoms with Gasteiger partial charge in [-0.3, -0.25) is 14.5 Å². The second-order valence-corrected chi connectivity index (χ2v) is 5.75. The van der Waals surface area contributed by atoms with Gasteiger partial charge >= 0.3 is 5.97 Å². The number of benzene rings is 1. The summed E-state index contributed by atoms with van der Waals surface area (Å²) in [5.41, 5.74) is 0.994. The Balaban J connectivity index is 0.00000288. The maximum atomic E-state index is 12.0. The maximum absolute atomic E-state index is 12.0. The van der Waals surface area contributed by atoms with Crippen molar-refractivity contribution in [3.05, 3.63) is 29.8 Å². The largest absolute Gasteiger partial charge is 0.494 e. The van der Waals surface area contributed by atoms with E-state index < -0.39 is 5.97 Å². The first-order valence-electron chi connectivity index (χ1n) is 8.02. The van der Waals surface area contributed by atoms with Crippen molar-refractivity contribution in [3.63, 3.8) is 0 Å². The molecule has 1 amide bonds. The van der Waals surface area contributed by atoms with Gasteiger partial charge in [0.05, 0.1) is 19.1 Å². The number of carboxylic acid groups (broad SMARTS) is 1. The Hall–Kier alpha value is -1.79. The number of amides is 1. The van der Waals surface area contributed by atoms with Crippen LogP contribution in [0.2, 0.25) is 0 Å². The molecule has 7 heteroatoms. The molecule has 1 aliphatic rings. The molecule has 134 valence electrons. The van der Waals surface area contributed by atoms with Crippen LogP contribution in [0.25, 0.3) is 0 Å². The van der Waals surface area contributed by atoms with Crippen LogP contribution in [0.4, 0.5) is 0 Å². The van der Waals surface area contributed by atoms with Gasteiger partial charge in [-0.15, -0.1) is 12.4 Å². The van der Waals surface area contributed by atoms with Crippen LogP contribution in [0, 0.1) is 5.92 Å². The molecular weight excluding hydrogens is 332 g/mol. The van der Waals surface area contributed by atoms with E-state index in [0.717, 1.165) is 11.3 Å². The molecule has 0 unspecified atom stereocenters. The van der Waals surface area contributed by atoms with Crippen LogP contribution in [0.1, 0.15) is 25.3 Å². The van der Waals surface area contributed by atoms with Crippen molar-refractivity contribution in [2.75, 3.05) is 26.2 Å². The standard InChI is InChI=1S/C17H24N2O4.ClH/c1-2-23-15-5-3-4-13(10-15)11-18-16(20)12-19-8-6-14(7-9-19)17(21)22;/h3-5,10,14H,2,6-9,11-12H2,1H3,(H,18,20)(H,21,22);1H. The summed E-state index contributed by atoms with van der Waals surface area (Å²) in [6.45, 7) is 4.64. The van der Waals surface area contributed by atoms with Gasteiger partial charge in [-0.2, -0.15) is 0 Å². The first-order valence-corrected chi connectivity index (χ1v) is 8.02. The van der Waals surface area contributed by atoms with Gasteiger partial charge in [-0.1, -0.05) is 12.1 Å². The summed E-state index contributed by atoms with van der Waals surface area (Å²) in [5.74, 6) is -0.241. The van der Waals surface area contributed by atoms with Crippen molar-refractivity contribution >= 4 is 24.3 Å². The number of nitrogens with one attached hydrogen (secondary N) is 1. The number of likely N-dealkylation sites (tertiary alicyclic amines) is 1. The quantitative estimate of drug-likeness (QED) is 0.780. The van der Waals surface area contributed by atoms with Gasteiger partial charge in [0.1, 0.15) is 5.75 Å². The Bertz CT molecular complexity index is 545. The lowest BCUT2D eigenvalue weighted by Gasteiger charge is -2.29. The lowest BCUT2D eigenvalue weighted by Crippen LogP contribution is -2.42. The number of nitrogens with zero attached hydrogens (tertiary/aromatic N) is 1. The van der Waals surface area contributed by atoms with Crippen molar-refractivity contribution in [3.8, 4) is 5.75 Å². The highest BCUT2D eigenvalue weighted by molar-refractivity contribution is 5.85. The van der Waals surface area contributed by atoms with Crippen LogP contribution in [0.3, 0.4) is 0 Å². The molecule has 1 saturated heterocycles. The van der Waals surface area contributed by atoms with E-state index in [0.29, 0.717) is 45.6 Å². The van der Waals surface area contributed by atoms with Gasteiger partial charge in [0.15, 0.2) is 0 Å². The molecule has 1 aliphatic heterocycles. The Morgan fingerprint density at radius 1 is 1.33 bits per heavy atom.